The minimum atomic E-state index is -4.27. The molecule has 6 heteroatoms. The van der Waals surface area contributed by atoms with Gasteiger partial charge in [0.15, 0.2) is 0 Å². The van der Waals surface area contributed by atoms with Crippen LogP contribution in [0.1, 0.15) is 38.2 Å². The van der Waals surface area contributed by atoms with Gasteiger partial charge in [-0.1, -0.05) is 60.9 Å². The van der Waals surface area contributed by atoms with E-state index in [-0.39, 0.29) is 4.90 Å². The first-order chi connectivity index (χ1) is 12.4. The Morgan fingerprint density at radius 3 is 2.35 bits per heavy atom. The first-order valence-corrected chi connectivity index (χ1v) is 11.1. The monoisotopic (exact) mass is 391 g/mol. The van der Waals surface area contributed by atoms with E-state index in [1.807, 2.05) is 18.3 Å². The van der Waals surface area contributed by atoms with Gasteiger partial charge >= 0.3 is 0 Å². The van der Waals surface area contributed by atoms with Crippen LogP contribution in [0.15, 0.2) is 58.9 Å². The third-order valence-electron chi connectivity index (χ3n) is 4.04. The molecule has 0 saturated carbocycles. The lowest BCUT2D eigenvalue weighted by molar-refractivity contribution is -0.667. The zero-order chi connectivity index (χ0) is 19.0. The highest BCUT2D eigenvalue weighted by Gasteiger charge is 2.09. The van der Waals surface area contributed by atoms with Crippen molar-refractivity contribution in [1.29, 1.82) is 0 Å². The topological polar surface area (TPSA) is 61.1 Å². The van der Waals surface area contributed by atoms with E-state index in [1.165, 1.54) is 54.6 Å². The molecule has 2 aromatic carbocycles. The van der Waals surface area contributed by atoms with Crippen LogP contribution >= 0.6 is 11.3 Å². The van der Waals surface area contributed by atoms with Crippen LogP contribution in [0.5, 0.6) is 0 Å². The van der Waals surface area contributed by atoms with Crippen molar-refractivity contribution in [3.63, 3.8) is 0 Å². The zero-order valence-corrected chi connectivity index (χ0v) is 16.9. The standard InChI is InChI=1S/C13H18NS.C7H8O3S/c1-2-3-4-7-10-14-11-15-13-9-6-5-8-12(13)14;1-6-2-4-7(5-3-6)11(8,9)10/h5-6,8-9,11H,2-4,7,10H2,1H3;2-5H,1H3,(H,8,9,10)/q+1;/p-1. The molecule has 4 nitrogen and oxygen atoms in total. The number of aryl methyl sites for hydroxylation is 2. The van der Waals surface area contributed by atoms with Crippen molar-refractivity contribution >= 4 is 31.7 Å². The van der Waals surface area contributed by atoms with Gasteiger partial charge in [-0.25, -0.2) is 8.42 Å². The summed E-state index contributed by atoms with van der Waals surface area (Å²) in [6, 6.07) is 14.4. The molecule has 0 amide bonds. The van der Waals surface area contributed by atoms with Crippen molar-refractivity contribution in [1.82, 2.24) is 0 Å². The predicted octanol–water partition coefficient (Wildman–Crippen LogP) is 4.67. The number of benzene rings is 2. The highest BCUT2D eigenvalue weighted by molar-refractivity contribution is 7.85. The Hall–Kier alpha value is -1.76. The van der Waals surface area contributed by atoms with E-state index in [0.717, 1.165) is 5.56 Å². The molecule has 0 radical (unpaired) electrons. The molecule has 3 rings (SSSR count). The lowest BCUT2D eigenvalue weighted by Crippen LogP contribution is -2.31. The number of hydrogen-bond acceptors (Lipinski definition) is 4. The summed E-state index contributed by atoms with van der Waals surface area (Å²) in [5.41, 5.74) is 4.56. The predicted molar refractivity (Wildman–Crippen MR) is 105 cm³/mol. The van der Waals surface area contributed by atoms with Crippen LogP contribution in [0.4, 0.5) is 0 Å². The maximum absolute atomic E-state index is 10.4. The second kappa shape index (κ2) is 9.80. The fraction of sp³-hybridized carbons (Fsp3) is 0.350. The van der Waals surface area contributed by atoms with Gasteiger partial charge in [0.25, 0.3) is 0 Å². The summed E-state index contributed by atoms with van der Waals surface area (Å²) < 4.78 is 34.9. The Bertz CT molecular complexity index is 916. The summed E-state index contributed by atoms with van der Waals surface area (Å²) in [5, 5.41) is 0. The fourth-order valence-electron chi connectivity index (χ4n) is 2.56. The van der Waals surface area contributed by atoms with Crippen molar-refractivity contribution < 1.29 is 17.5 Å². The molecule has 0 aliphatic carbocycles. The first kappa shape index (κ1) is 20.6. The van der Waals surface area contributed by atoms with Crippen molar-refractivity contribution in [2.45, 2.75) is 51.0 Å². The third kappa shape index (κ3) is 6.20. The molecule has 0 unspecified atom stereocenters. The van der Waals surface area contributed by atoms with E-state index in [4.69, 9.17) is 0 Å². The van der Waals surface area contributed by atoms with Crippen LogP contribution in [0.25, 0.3) is 10.2 Å². The number of aromatic nitrogens is 1. The second-order valence-corrected chi connectivity index (χ2v) is 8.48. The van der Waals surface area contributed by atoms with Crippen LogP contribution in [0, 0.1) is 6.92 Å². The Morgan fingerprint density at radius 2 is 1.69 bits per heavy atom. The van der Waals surface area contributed by atoms with Gasteiger partial charge in [0, 0.05) is 12.5 Å². The average Bonchev–Trinajstić information content (AvgIpc) is 3.02. The molecule has 0 fully saturated rings. The number of rotatable bonds is 6. The van der Waals surface area contributed by atoms with Crippen LogP contribution < -0.4 is 4.57 Å². The van der Waals surface area contributed by atoms with Crippen molar-refractivity contribution in [2.75, 3.05) is 0 Å². The van der Waals surface area contributed by atoms with Gasteiger partial charge in [-0.05, 0) is 31.5 Å². The summed E-state index contributed by atoms with van der Waals surface area (Å²) >= 11 is 1.84. The quantitative estimate of drug-likeness (QED) is 0.348. The van der Waals surface area contributed by atoms with E-state index >= 15 is 0 Å². The number of fused-ring (bicyclic) bond motifs is 1. The molecule has 0 N–H and O–H groups in total. The Labute approximate surface area is 159 Å². The summed E-state index contributed by atoms with van der Waals surface area (Å²) in [6.07, 6.45) is 5.34. The molecule has 0 spiro atoms. The van der Waals surface area contributed by atoms with Crippen LogP contribution in [-0.2, 0) is 16.7 Å². The summed E-state index contributed by atoms with van der Waals surface area (Å²) in [5.74, 6) is 0. The number of nitrogens with zero attached hydrogens (tertiary/aromatic N) is 1. The number of thiazole rings is 1. The molecular formula is C20H25NO3S2. The maximum atomic E-state index is 10.4. The van der Waals surface area contributed by atoms with E-state index < -0.39 is 10.1 Å². The van der Waals surface area contributed by atoms with Crippen molar-refractivity contribution in [3.05, 3.63) is 59.6 Å². The molecule has 3 aromatic rings. The van der Waals surface area contributed by atoms with Gasteiger partial charge in [-0.15, -0.1) is 0 Å². The lowest BCUT2D eigenvalue weighted by atomic mass is 10.2. The van der Waals surface area contributed by atoms with Gasteiger partial charge in [-0.2, -0.15) is 4.57 Å². The molecule has 1 aromatic heterocycles. The summed E-state index contributed by atoms with van der Waals surface area (Å²) in [7, 11) is -4.27. The summed E-state index contributed by atoms with van der Waals surface area (Å²) in [6.45, 7) is 5.25. The minimum Gasteiger partial charge on any atom is -0.744 e. The number of hydrogen-bond donors (Lipinski definition) is 0. The molecule has 0 atom stereocenters. The normalized spacial score (nSPS) is 11.2. The zero-order valence-electron chi connectivity index (χ0n) is 15.2. The average molecular weight is 392 g/mol. The lowest BCUT2D eigenvalue weighted by Gasteiger charge is -2.05. The Kier molecular flexibility index (Phi) is 7.75. The van der Waals surface area contributed by atoms with Gasteiger partial charge in [0.1, 0.15) is 21.4 Å². The Morgan fingerprint density at radius 1 is 1.00 bits per heavy atom. The summed E-state index contributed by atoms with van der Waals surface area (Å²) in [4.78, 5) is -0.178. The van der Waals surface area contributed by atoms with Crippen molar-refractivity contribution in [3.8, 4) is 0 Å². The number of para-hydroxylation sites is 1. The Balaban J connectivity index is 0.000000197. The van der Waals surface area contributed by atoms with E-state index in [1.54, 1.807) is 12.1 Å². The fourth-order valence-corrected chi connectivity index (χ4v) is 3.95. The molecule has 0 aliphatic rings. The largest absolute Gasteiger partial charge is 0.744 e. The highest BCUT2D eigenvalue weighted by Crippen LogP contribution is 2.15. The van der Waals surface area contributed by atoms with E-state index in [0.29, 0.717) is 0 Å². The molecule has 26 heavy (non-hydrogen) atoms. The minimum absolute atomic E-state index is 0.178. The van der Waals surface area contributed by atoms with Crippen LogP contribution in [-0.4, -0.2) is 13.0 Å². The SMILES string of the molecule is CCCCCC[n+]1csc2ccccc21.Cc1ccc(S(=O)(=O)[O-])cc1. The van der Waals surface area contributed by atoms with E-state index in [2.05, 4.69) is 41.3 Å². The molecular weight excluding hydrogens is 366 g/mol. The number of unbranched alkanes of at least 4 members (excludes halogenated alkanes) is 3. The van der Waals surface area contributed by atoms with Crippen LogP contribution in [0.2, 0.25) is 0 Å². The molecule has 1 heterocycles. The smallest absolute Gasteiger partial charge is 0.225 e. The molecule has 0 bridgehead atoms. The highest BCUT2D eigenvalue weighted by atomic mass is 32.2. The second-order valence-electron chi connectivity index (χ2n) is 6.21. The van der Waals surface area contributed by atoms with Gasteiger partial charge in [0.05, 0.1) is 4.90 Å². The van der Waals surface area contributed by atoms with Gasteiger partial charge in [0.2, 0.25) is 11.0 Å². The maximum Gasteiger partial charge on any atom is 0.225 e. The van der Waals surface area contributed by atoms with Crippen molar-refractivity contribution in [2.24, 2.45) is 0 Å². The van der Waals surface area contributed by atoms with Gasteiger partial charge < -0.3 is 4.55 Å². The first-order valence-electron chi connectivity index (χ1n) is 8.80. The van der Waals surface area contributed by atoms with Crippen LogP contribution in [0.3, 0.4) is 0 Å². The molecule has 0 aliphatic heterocycles. The van der Waals surface area contributed by atoms with E-state index in [9.17, 15) is 13.0 Å². The molecule has 140 valence electrons. The third-order valence-corrected chi connectivity index (χ3v) is 5.85. The van der Waals surface area contributed by atoms with Gasteiger partial charge in [-0.3, -0.25) is 0 Å². The molecule has 0 saturated heterocycles.